The third-order valence-electron chi connectivity index (χ3n) is 3.14. The number of likely N-dealkylation sites (N-methyl/N-ethyl adjacent to an activating group) is 1. The number of nitrogens with one attached hydrogen (secondary N) is 1. The molecule has 0 aliphatic heterocycles. The monoisotopic (exact) mass is 232 g/mol. The zero-order valence-corrected chi connectivity index (χ0v) is 11.2. The summed E-state index contributed by atoms with van der Waals surface area (Å²) in [6.07, 6.45) is 1.94. The van der Waals surface area contributed by atoms with Gasteiger partial charge in [-0.2, -0.15) is 0 Å². The third kappa shape index (κ3) is 6.43. The van der Waals surface area contributed by atoms with Gasteiger partial charge in [0.05, 0.1) is 6.61 Å². The predicted molar refractivity (Wildman–Crippen MR) is 67.8 cm³/mol. The summed E-state index contributed by atoms with van der Waals surface area (Å²) >= 11 is 0. The van der Waals surface area contributed by atoms with Crippen molar-refractivity contribution in [1.82, 2.24) is 10.2 Å². The van der Waals surface area contributed by atoms with Crippen LogP contribution in [0.5, 0.6) is 0 Å². The van der Waals surface area contributed by atoms with Crippen LogP contribution in [-0.2, 0) is 4.74 Å². The summed E-state index contributed by atoms with van der Waals surface area (Å²) in [5.41, 5.74) is 0. The molecular formula is C12H28N2O2. The molecule has 0 saturated heterocycles. The van der Waals surface area contributed by atoms with Crippen molar-refractivity contribution in [3.8, 4) is 0 Å². The maximum Gasteiger partial charge on any atom is 0.0589 e. The highest BCUT2D eigenvalue weighted by Crippen LogP contribution is 2.05. The van der Waals surface area contributed by atoms with Gasteiger partial charge in [-0.05, 0) is 26.8 Å². The highest BCUT2D eigenvalue weighted by Gasteiger charge is 2.16. The van der Waals surface area contributed by atoms with E-state index in [2.05, 4.69) is 24.1 Å². The Bertz CT molecular complexity index is 156. The highest BCUT2D eigenvalue weighted by molar-refractivity contribution is 4.74. The van der Waals surface area contributed by atoms with Gasteiger partial charge in [0, 0.05) is 38.9 Å². The summed E-state index contributed by atoms with van der Waals surface area (Å²) in [7, 11) is 3.68. The number of hydrogen-bond donors (Lipinski definition) is 2. The van der Waals surface area contributed by atoms with Gasteiger partial charge in [0.15, 0.2) is 0 Å². The first kappa shape index (κ1) is 15.8. The number of hydrogen-bond acceptors (Lipinski definition) is 4. The molecule has 4 heteroatoms. The Morgan fingerprint density at radius 2 is 2.12 bits per heavy atom. The Balaban J connectivity index is 4.15. The first-order valence-electron chi connectivity index (χ1n) is 6.20. The van der Waals surface area contributed by atoms with Gasteiger partial charge in [0.25, 0.3) is 0 Å². The molecule has 2 unspecified atom stereocenters. The van der Waals surface area contributed by atoms with Gasteiger partial charge in [-0.15, -0.1) is 0 Å². The molecule has 2 N–H and O–H groups in total. The molecule has 0 aliphatic rings. The van der Waals surface area contributed by atoms with Crippen molar-refractivity contribution in [2.45, 2.75) is 38.8 Å². The molecule has 0 amide bonds. The van der Waals surface area contributed by atoms with E-state index in [-0.39, 0.29) is 6.61 Å². The van der Waals surface area contributed by atoms with Gasteiger partial charge in [-0.3, -0.25) is 4.90 Å². The van der Waals surface area contributed by atoms with Crippen LogP contribution in [0, 0.1) is 0 Å². The third-order valence-corrected chi connectivity index (χ3v) is 3.14. The van der Waals surface area contributed by atoms with Crippen LogP contribution in [0.1, 0.15) is 26.7 Å². The predicted octanol–water partition coefficient (Wildman–Crippen LogP) is 0.704. The topological polar surface area (TPSA) is 44.7 Å². The summed E-state index contributed by atoms with van der Waals surface area (Å²) in [4.78, 5) is 2.42. The molecular weight excluding hydrogens is 204 g/mol. The van der Waals surface area contributed by atoms with Crippen LogP contribution in [-0.4, -0.2) is 62.6 Å². The normalized spacial score (nSPS) is 15.4. The van der Waals surface area contributed by atoms with Gasteiger partial charge >= 0.3 is 0 Å². The minimum absolute atomic E-state index is 0.240. The van der Waals surface area contributed by atoms with Crippen LogP contribution < -0.4 is 5.32 Å². The molecule has 16 heavy (non-hydrogen) atoms. The number of ether oxygens (including phenoxy) is 1. The molecule has 0 rings (SSSR count). The second-order valence-corrected chi connectivity index (χ2v) is 4.24. The van der Waals surface area contributed by atoms with E-state index in [1.807, 2.05) is 7.05 Å². The van der Waals surface area contributed by atoms with E-state index in [0.717, 1.165) is 32.5 Å². The van der Waals surface area contributed by atoms with Crippen molar-refractivity contribution in [2.24, 2.45) is 0 Å². The number of nitrogens with zero attached hydrogens (tertiary/aromatic N) is 1. The minimum Gasteiger partial charge on any atom is -0.396 e. The Morgan fingerprint density at radius 3 is 2.56 bits per heavy atom. The van der Waals surface area contributed by atoms with Crippen LogP contribution in [0.3, 0.4) is 0 Å². The van der Waals surface area contributed by atoms with E-state index in [0.29, 0.717) is 12.1 Å². The van der Waals surface area contributed by atoms with E-state index in [9.17, 15) is 0 Å². The second kappa shape index (κ2) is 10.0. The molecule has 0 heterocycles. The standard InChI is InChI=1S/C12H28N2O2/c1-5-11(2)14(7-9-16-4)10-12(13-3)6-8-15/h11-13,15H,5-10H2,1-4H3. The van der Waals surface area contributed by atoms with Gasteiger partial charge in [0.2, 0.25) is 0 Å². The van der Waals surface area contributed by atoms with Gasteiger partial charge in [-0.25, -0.2) is 0 Å². The van der Waals surface area contributed by atoms with Crippen molar-refractivity contribution < 1.29 is 9.84 Å². The average molecular weight is 232 g/mol. The van der Waals surface area contributed by atoms with E-state index >= 15 is 0 Å². The van der Waals surface area contributed by atoms with Gasteiger partial charge in [-0.1, -0.05) is 6.92 Å². The smallest absolute Gasteiger partial charge is 0.0589 e. The van der Waals surface area contributed by atoms with Crippen molar-refractivity contribution in [3.63, 3.8) is 0 Å². The molecule has 0 fully saturated rings. The van der Waals surface area contributed by atoms with Crippen molar-refractivity contribution in [1.29, 1.82) is 0 Å². The largest absolute Gasteiger partial charge is 0.396 e. The summed E-state index contributed by atoms with van der Waals surface area (Å²) in [5.74, 6) is 0. The van der Waals surface area contributed by atoms with E-state index in [1.165, 1.54) is 0 Å². The fourth-order valence-corrected chi connectivity index (χ4v) is 1.72. The summed E-state index contributed by atoms with van der Waals surface area (Å²) in [6.45, 7) is 7.36. The highest BCUT2D eigenvalue weighted by atomic mass is 16.5. The Hall–Kier alpha value is -0.160. The zero-order chi connectivity index (χ0) is 12.4. The molecule has 4 nitrogen and oxygen atoms in total. The van der Waals surface area contributed by atoms with Crippen LogP contribution in [0.25, 0.3) is 0 Å². The lowest BCUT2D eigenvalue weighted by Gasteiger charge is -2.31. The Morgan fingerprint density at radius 1 is 1.44 bits per heavy atom. The first-order chi connectivity index (χ1) is 7.69. The summed E-state index contributed by atoms with van der Waals surface area (Å²) in [5, 5.41) is 12.2. The lowest BCUT2D eigenvalue weighted by Crippen LogP contribution is -2.45. The van der Waals surface area contributed by atoms with Crippen molar-refractivity contribution >= 4 is 0 Å². The fraction of sp³-hybridized carbons (Fsp3) is 1.00. The van der Waals surface area contributed by atoms with Crippen LogP contribution in [0.2, 0.25) is 0 Å². The van der Waals surface area contributed by atoms with Gasteiger partial charge in [0.1, 0.15) is 0 Å². The second-order valence-electron chi connectivity index (χ2n) is 4.24. The first-order valence-corrected chi connectivity index (χ1v) is 6.20. The maximum absolute atomic E-state index is 8.97. The van der Waals surface area contributed by atoms with E-state index in [4.69, 9.17) is 9.84 Å². The van der Waals surface area contributed by atoms with E-state index < -0.39 is 0 Å². The molecule has 0 bridgehead atoms. The van der Waals surface area contributed by atoms with Crippen LogP contribution >= 0.6 is 0 Å². The number of methoxy groups -OCH3 is 1. The van der Waals surface area contributed by atoms with Crippen molar-refractivity contribution in [3.05, 3.63) is 0 Å². The Labute approximate surface area is 100.0 Å². The lowest BCUT2D eigenvalue weighted by atomic mass is 10.1. The van der Waals surface area contributed by atoms with Gasteiger partial charge < -0.3 is 15.2 Å². The average Bonchev–Trinajstić information content (AvgIpc) is 2.32. The molecule has 0 aromatic heterocycles. The molecule has 2 atom stereocenters. The van der Waals surface area contributed by atoms with Crippen molar-refractivity contribution in [2.75, 3.05) is 40.5 Å². The molecule has 98 valence electrons. The Kier molecular flexibility index (Phi) is 9.92. The molecule has 0 aromatic rings. The zero-order valence-electron chi connectivity index (χ0n) is 11.2. The molecule has 0 radical (unpaired) electrons. The molecule has 0 aromatic carbocycles. The molecule has 0 spiro atoms. The molecule has 0 saturated carbocycles. The lowest BCUT2D eigenvalue weighted by molar-refractivity contribution is 0.111. The summed E-state index contributed by atoms with van der Waals surface area (Å²) < 4.78 is 5.13. The van der Waals surface area contributed by atoms with Crippen LogP contribution in [0.15, 0.2) is 0 Å². The molecule has 0 aliphatic carbocycles. The quantitative estimate of drug-likeness (QED) is 0.582. The number of rotatable bonds is 10. The summed E-state index contributed by atoms with van der Waals surface area (Å²) in [6, 6.07) is 0.917. The minimum atomic E-state index is 0.240. The maximum atomic E-state index is 8.97. The fourth-order valence-electron chi connectivity index (χ4n) is 1.72. The van der Waals surface area contributed by atoms with Crippen LogP contribution in [0.4, 0.5) is 0 Å². The number of aliphatic hydroxyl groups is 1. The number of aliphatic hydroxyl groups excluding tert-OH is 1. The SMILES string of the molecule is CCC(C)N(CCOC)CC(CCO)NC. The van der Waals surface area contributed by atoms with E-state index in [1.54, 1.807) is 7.11 Å².